The fraction of sp³-hybridized carbons (Fsp3) is 0.567. The lowest BCUT2D eigenvalue weighted by Crippen LogP contribution is -2.35. The van der Waals surface area contributed by atoms with Crippen LogP contribution in [0.25, 0.3) is 5.57 Å². The third-order valence-electron chi connectivity index (χ3n) is 6.01. The van der Waals surface area contributed by atoms with Crippen molar-refractivity contribution in [1.29, 1.82) is 0 Å². The minimum Gasteiger partial charge on any atom is -0.466 e. The normalized spacial score (nSPS) is 14.2. The van der Waals surface area contributed by atoms with Gasteiger partial charge < -0.3 is 24.9 Å². The van der Waals surface area contributed by atoms with E-state index in [9.17, 15) is 24.0 Å². The second-order valence-electron chi connectivity index (χ2n) is 11.7. The zero-order chi connectivity index (χ0) is 31.0. The largest absolute Gasteiger partial charge is 0.466 e. The quantitative estimate of drug-likeness (QED) is 0.153. The van der Waals surface area contributed by atoms with Crippen molar-refractivity contribution < 1.29 is 38.3 Å². The molecule has 0 atom stereocenters. The predicted octanol–water partition coefficient (Wildman–Crippen LogP) is 5.49. The van der Waals surface area contributed by atoms with Crippen LogP contribution in [0.4, 0.5) is 16.2 Å². The third kappa shape index (κ3) is 9.33. The van der Waals surface area contributed by atoms with Crippen LogP contribution in [0.2, 0.25) is 0 Å². The first-order valence-electron chi connectivity index (χ1n) is 14.0. The fourth-order valence-electron chi connectivity index (χ4n) is 3.64. The highest BCUT2D eigenvalue weighted by atomic mass is 16.7. The second kappa shape index (κ2) is 14.1. The number of esters is 2. The van der Waals surface area contributed by atoms with Gasteiger partial charge in [-0.2, -0.15) is 0 Å². The zero-order valence-corrected chi connectivity index (χ0v) is 25.4. The fourth-order valence-corrected chi connectivity index (χ4v) is 3.64. The SMILES string of the molecule is CCOC(=O)CCCCCNC(=O)Nc1ccc2c(c1)N(OC(=O)C(C)(C)C)C(=O)/C2=C(/CC)OC(=O)C(C)(C)C. The molecule has 226 valence electrons. The average molecular weight is 574 g/mol. The Hall–Kier alpha value is -3.89. The molecule has 41 heavy (non-hydrogen) atoms. The lowest BCUT2D eigenvalue weighted by atomic mass is 9.97. The molecular formula is C30H43N3O8. The molecule has 2 N–H and O–H groups in total. The molecule has 3 amide bonds. The molecule has 11 heteroatoms. The summed E-state index contributed by atoms with van der Waals surface area (Å²) in [6.45, 7) is 14.4. The van der Waals surface area contributed by atoms with Crippen molar-refractivity contribution in [1.82, 2.24) is 5.32 Å². The van der Waals surface area contributed by atoms with Crippen molar-refractivity contribution in [3.05, 3.63) is 29.5 Å². The number of allylic oxidation sites excluding steroid dienone is 1. The number of nitrogens with zero attached hydrogens (tertiary/aromatic N) is 1. The van der Waals surface area contributed by atoms with Gasteiger partial charge in [0.25, 0.3) is 5.91 Å². The Bertz CT molecular complexity index is 1190. The van der Waals surface area contributed by atoms with Gasteiger partial charge in [-0.05, 0) is 79.5 Å². The van der Waals surface area contributed by atoms with Crippen LogP contribution >= 0.6 is 0 Å². The van der Waals surface area contributed by atoms with Crippen molar-refractivity contribution in [3.8, 4) is 0 Å². The predicted molar refractivity (Wildman–Crippen MR) is 154 cm³/mol. The van der Waals surface area contributed by atoms with E-state index in [4.69, 9.17) is 14.3 Å². The number of hydrogen-bond acceptors (Lipinski definition) is 8. The number of benzene rings is 1. The molecule has 11 nitrogen and oxygen atoms in total. The Morgan fingerprint density at radius 3 is 2.15 bits per heavy atom. The standard InChI is InChI=1S/C30H43N3O8/c1-9-22(40-26(36)29(3,4)5)24-20-16-15-19(18-21(20)33(25(24)35)41-27(37)30(6,7)8)32-28(38)31-17-13-11-12-14-23(34)39-10-2/h15-16,18H,9-14,17H2,1-8H3,(H2,31,32,38)/b24-22-. The molecule has 0 saturated heterocycles. The van der Waals surface area contributed by atoms with Crippen molar-refractivity contribution in [2.75, 3.05) is 23.5 Å². The maximum atomic E-state index is 13.6. The van der Waals surface area contributed by atoms with Crippen LogP contribution in [0.1, 0.15) is 93.1 Å². The van der Waals surface area contributed by atoms with Crippen LogP contribution in [-0.4, -0.2) is 43.0 Å². The number of fused-ring (bicyclic) bond motifs is 1. The highest BCUT2D eigenvalue weighted by Gasteiger charge is 2.41. The van der Waals surface area contributed by atoms with Crippen molar-refractivity contribution in [3.63, 3.8) is 0 Å². The first kappa shape index (κ1) is 33.3. The van der Waals surface area contributed by atoms with Crippen molar-refractivity contribution in [2.45, 2.75) is 87.5 Å². The number of anilines is 2. The number of hydrogen-bond donors (Lipinski definition) is 2. The molecule has 1 aromatic carbocycles. The summed E-state index contributed by atoms with van der Waals surface area (Å²) in [4.78, 5) is 68.4. The molecule has 0 saturated carbocycles. The van der Waals surface area contributed by atoms with Crippen LogP contribution in [0, 0.1) is 10.8 Å². The van der Waals surface area contributed by atoms with Crippen LogP contribution in [0.3, 0.4) is 0 Å². The van der Waals surface area contributed by atoms with Gasteiger partial charge in [-0.15, -0.1) is 5.06 Å². The van der Waals surface area contributed by atoms with Gasteiger partial charge >= 0.3 is 23.9 Å². The smallest absolute Gasteiger partial charge is 0.338 e. The molecule has 0 radical (unpaired) electrons. The van der Waals surface area contributed by atoms with E-state index in [1.165, 1.54) is 6.07 Å². The summed E-state index contributed by atoms with van der Waals surface area (Å²) in [6, 6.07) is 4.29. The lowest BCUT2D eigenvalue weighted by Gasteiger charge is -2.22. The molecule has 0 aliphatic carbocycles. The molecule has 1 aliphatic heterocycles. The van der Waals surface area contributed by atoms with E-state index in [0.717, 1.165) is 11.5 Å². The summed E-state index contributed by atoms with van der Waals surface area (Å²) >= 11 is 0. The van der Waals surface area contributed by atoms with Gasteiger partial charge in [0.2, 0.25) is 0 Å². The molecule has 0 aromatic heterocycles. The zero-order valence-electron chi connectivity index (χ0n) is 25.4. The number of rotatable bonds is 11. The molecule has 1 heterocycles. The number of urea groups is 1. The minimum atomic E-state index is -0.898. The minimum absolute atomic E-state index is 0.112. The van der Waals surface area contributed by atoms with Gasteiger partial charge in [0.1, 0.15) is 5.76 Å². The molecular weight excluding hydrogens is 530 g/mol. The van der Waals surface area contributed by atoms with E-state index >= 15 is 0 Å². The average Bonchev–Trinajstić information content (AvgIpc) is 3.13. The topological polar surface area (TPSA) is 140 Å². The Kier molecular flexibility index (Phi) is 11.5. The van der Waals surface area contributed by atoms with Crippen LogP contribution in [0.15, 0.2) is 24.0 Å². The van der Waals surface area contributed by atoms with E-state index in [1.807, 2.05) is 0 Å². The van der Waals surface area contributed by atoms with Gasteiger partial charge in [-0.3, -0.25) is 14.4 Å². The van der Waals surface area contributed by atoms with Crippen LogP contribution in [0.5, 0.6) is 0 Å². The Labute approximate surface area is 241 Å². The van der Waals surface area contributed by atoms with Gasteiger partial charge in [-0.1, -0.05) is 13.3 Å². The molecule has 1 aliphatic rings. The molecule has 0 bridgehead atoms. The summed E-state index contributed by atoms with van der Waals surface area (Å²) in [5.41, 5.74) is -0.586. The summed E-state index contributed by atoms with van der Waals surface area (Å²) in [7, 11) is 0. The highest BCUT2D eigenvalue weighted by Crippen LogP contribution is 2.42. The third-order valence-corrected chi connectivity index (χ3v) is 6.01. The molecule has 0 unspecified atom stereocenters. The summed E-state index contributed by atoms with van der Waals surface area (Å²) in [5.74, 6) is -1.86. The summed E-state index contributed by atoms with van der Waals surface area (Å²) in [6.07, 6.45) is 2.69. The number of hydroxylamine groups is 1. The van der Waals surface area contributed by atoms with E-state index < -0.39 is 34.7 Å². The Balaban J connectivity index is 2.24. The van der Waals surface area contributed by atoms with Gasteiger partial charge in [-0.25, -0.2) is 9.59 Å². The van der Waals surface area contributed by atoms with E-state index in [0.29, 0.717) is 43.7 Å². The molecule has 1 aromatic rings. The number of ether oxygens (including phenoxy) is 2. The Morgan fingerprint density at radius 1 is 0.902 bits per heavy atom. The van der Waals surface area contributed by atoms with E-state index in [2.05, 4.69) is 10.6 Å². The number of amides is 3. The number of carbonyl (C=O) groups excluding carboxylic acids is 5. The lowest BCUT2D eigenvalue weighted by molar-refractivity contribution is -0.157. The van der Waals surface area contributed by atoms with Crippen molar-refractivity contribution >= 4 is 46.8 Å². The maximum absolute atomic E-state index is 13.6. The number of unbranched alkanes of at least 4 members (excludes halogenated alkanes) is 2. The summed E-state index contributed by atoms with van der Waals surface area (Å²) < 4.78 is 10.5. The first-order valence-corrected chi connectivity index (χ1v) is 14.0. The van der Waals surface area contributed by atoms with Gasteiger partial charge in [0, 0.05) is 30.6 Å². The van der Waals surface area contributed by atoms with Crippen molar-refractivity contribution in [2.24, 2.45) is 10.8 Å². The van der Waals surface area contributed by atoms with Gasteiger partial charge in [0.15, 0.2) is 0 Å². The maximum Gasteiger partial charge on any atom is 0.338 e. The second-order valence-corrected chi connectivity index (χ2v) is 11.7. The number of nitrogens with one attached hydrogen (secondary N) is 2. The van der Waals surface area contributed by atoms with Crippen LogP contribution in [-0.2, 0) is 33.5 Å². The molecule has 0 fully saturated rings. The summed E-state index contributed by atoms with van der Waals surface area (Å²) in [5, 5.41) is 6.36. The molecule has 0 spiro atoms. The van der Waals surface area contributed by atoms with Gasteiger partial charge in [0.05, 0.1) is 28.7 Å². The highest BCUT2D eigenvalue weighted by molar-refractivity contribution is 6.33. The Morgan fingerprint density at radius 2 is 1.56 bits per heavy atom. The van der Waals surface area contributed by atoms with Crippen LogP contribution < -0.4 is 15.7 Å². The number of carbonyl (C=O) groups is 5. The van der Waals surface area contributed by atoms with E-state index in [-0.39, 0.29) is 29.4 Å². The van der Waals surface area contributed by atoms with E-state index in [1.54, 1.807) is 67.5 Å². The first-order chi connectivity index (χ1) is 19.1. The molecule has 2 rings (SSSR count). The monoisotopic (exact) mass is 573 g/mol.